The van der Waals surface area contributed by atoms with Crippen LogP contribution in [0.2, 0.25) is 0 Å². The van der Waals surface area contributed by atoms with Crippen molar-refractivity contribution >= 4 is 17.5 Å². The summed E-state index contributed by atoms with van der Waals surface area (Å²) >= 11 is 0. The first-order valence-electron chi connectivity index (χ1n) is 9.12. The van der Waals surface area contributed by atoms with Crippen LogP contribution in [0, 0.1) is 10.1 Å². The highest BCUT2D eigenvalue weighted by Crippen LogP contribution is 2.40. The number of nitrogens with zero attached hydrogens (tertiary/aromatic N) is 2. The molecule has 0 saturated carbocycles. The summed E-state index contributed by atoms with van der Waals surface area (Å²) in [4.78, 5) is 25.2. The van der Waals surface area contributed by atoms with Crippen molar-refractivity contribution in [3.05, 3.63) is 69.0 Å². The number of rotatable bonds is 7. The molecule has 1 aliphatic rings. The van der Waals surface area contributed by atoms with E-state index in [1.54, 1.807) is 12.1 Å². The summed E-state index contributed by atoms with van der Waals surface area (Å²) in [5, 5.41) is 21.2. The number of hydrogen-bond acceptors (Lipinski definition) is 6. The number of carbonyl (C=O) groups is 1. The first kappa shape index (κ1) is 19.6. The molecule has 0 fully saturated rings. The normalized spacial score (nSPS) is 14.4. The number of carbonyl (C=O) groups excluding carboxylic acids is 1. The van der Waals surface area contributed by atoms with Gasteiger partial charge < -0.3 is 14.7 Å². The molecule has 0 atom stereocenters. The number of ether oxygens (including phenoxy) is 1. The SMILES string of the molecule is CCCCN(C)Cc1c(O)ccc2c1OC(=Cc1cccc([N+](=O)[O-])c1)C2=O. The molecule has 0 bridgehead atoms. The quantitative estimate of drug-likeness (QED) is 0.439. The number of nitro benzene ring substituents is 1. The van der Waals surface area contributed by atoms with Crippen molar-refractivity contribution in [3.63, 3.8) is 0 Å². The summed E-state index contributed by atoms with van der Waals surface area (Å²) in [6.45, 7) is 3.43. The Morgan fingerprint density at radius 3 is 2.79 bits per heavy atom. The Balaban J connectivity index is 1.91. The van der Waals surface area contributed by atoms with Crippen LogP contribution in [-0.2, 0) is 6.54 Å². The van der Waals surface area contributed by atoms with Crippen molar-refractivity contribution in [2.24, 2.45) is 0 Å². The Bertz CT molecular complexity index is 952. The van der Waals surface area contributed by atoms with E-state index < -0.39 is 4.92 Å². The van der Waals surface area contributed by atoms with Crippen molar-refractivity contribution in [3.8, 4) is 11.5 Å². The lowest BCUT2D eigenvalue weighted by molar-refractivity contribution is -0.384. The topological polar surface area (TPSA) is 92.9 Å². The Morgan fingerprint density at radius 1 is 1.29 bits per heavy atom. The number of Topliss-reactive ketones (excluding diaryl/α,β-unsaturated/α-hetero) is 1. The molecular weight excluding hydrogens is 360 g/mol. The summed E-state index contributed by atoms with van der Waals surface area (Å²) in [7, 11) is 1.95. The number of aromatic hydroxyl groups is 1. The van der Waals surface area contributed by atoms with E-state index in [4.69, 9.17) is 4.74 Å². The highest BCUT2D eigenvalue weighted by molar-refractivity contribution is 6.15. The molecule has 7 nitrogen and oxygen atoms in total. The number of phenols is 1. The molecule has 0 spiro atoms. The van der Waals surface area contributed by atoms with Gasteiger partial charge >= 0.3 is 0 Å². The highest BCUT2D eigenvalue weighted by Gasteiger charge is 2.31. The van der Waals surface area contributed by atoms with E-state index in [-0.39, 0.29) is 23.0 Å². The molecule has 2 aromatic rings. The number of benzene rings is 2. The number of allylic oxidation sites excluding steroid dienone is 1. The third kappa shape index (κ3) is 4.04. The third-order valence-electron chi connectivity index (χ3n) is 4.62. The minimum Gasteiger partial charge on any atom is -0.507 e. The first-order valence-corrected chi connectivity index (χ1v) is 9.12. The summed E-state index contributed by atoms with van der Waals surface area (Å²) < 4.78 is 5.80. The lowest BCUT2D eigenvalue weighted by Crippen LogP contribution is -2.19. The van der Waals surface area contributed by atoms with E-state index in [1.807, 2.05) is 7.05 Å². The van der Waals surface area contributed by atoms with Crippen molar-refractivity contribution in [1.82, 2.24) is 4.90 Å². The molecule has 0 unspecified atom stereocenters. The molecule has 28 heavy (non-hydrogen) atoms. The van der Waals surface area contributed by atoms with Gasteiger partial charge in [0.2, 0.25) is 5.78 Å². The van der Waals surface area contributed by atoms with Gasteiger partial charge in [-0.3, -0.25) is 14.9 Å². The van der Waals surface area contributed by atoms with Crippen LogP contribution in [0.25, 0.3) is 6.08 Å². The van der Waals surface area contributed by atoms with E-state index >= 15 is 0 Å². The van der Waals surface area contributed by atoms with Gasteiger partial charge in [0.15, 0.2) is 5.76 Å². The van der Waals surface area contributed by atoms with Crippen molar-refractivity contribution in [2.75, 3.05) is 13.6 Å². The Kier molecular flexibility index (Phi) is 5.75. The first-order chi connectivity index (χ1) is 13.4. The van der Waals surface area contributed by atoms with Crippen LogP contribution in [0.15, 0.2) is 42.2 Å². The molecule has 1 heterocycles. The van der Waals surface area contributed by atoms with E-state index in [2.05, 4.69) is 11.8 Å². The van der Waals surface area contributed by atoms with Crippen LogP contribution in [0.1, 0.15) is 41.3 Å². The van der Waals surface area contributed by atoms with Gasteiger partial charge in [0.1, 0.15) is 11.5 Å². The van der Waals surface area contributed by atoms with Gasteiger partial charge in [0.05, 0.1) is 16.1 Å². The maximum absolute atomic E-state index is 12.7. The molecule has 0 radical (unpaired) electrons. The fraction of sp³-hybridized carbons (Fsp3) is 0.286. The standard InChI is InChI=1S/C21H22N2O5/c1-3-4-10-22(2)13-17-18(24)9-8-16-20(25)19(28-21(16)17)12-14-6-5-7-15(11-14)23(26)27/h5-9,11-12,24H,3-4,10,13H2,1-2H3. The summed E-state index contributed by atoms with van der Waals surface area (Å²) in [5.41, 5.74) is 1.38. The third-order valence-corrected chi connectivity index (χ3v) is 4.62. The Hall–Kier alpha value is -3.19. The minimum absolute atomic E-state index is 0.0619. The second-order valence-electron chi connectivity index (χ2n) is 6.82. The molecule has 2 aromatic carbocycles. The van der Waals surface area contributed by atoms with Gasteiger partial charge in [-0.1, -0.05) is 25.5 Å². The largest absolute Gasteiger partial charge is 0.507 e. The second-order valence-corrected chi connectivity index (χ2v) is 6.82. The number of hydrogen-bond donors (Lipinski definition) is 1. The fourth-order valence-electron chi connectivity index (χ4n) is 3.11. The van der Waals surface area contributed by atoms with Gasteiger partial charge in [-0.15, -0.1) is 0 Å². The zero-order chi connectivity index (χ0) is 20.3. The molecule has 7 heteroatoms. The molecular formula is C21H22N2O5. The van der Waals surface area contributed by atoms with Crippen LogP contribution in [0.4, 0.5) is 5.69 Å². The van der Waals surface area contributed by atoms with Crippen molar-refractivity contribution < 1.29 is 19.6 Å². The lowest BCUT2D eigenvalue weighted by atomic mass is 10.0. The van der Waals surface area contributed by atoms with Crippen molar-refractivity contribution in [1.29, 1.82) is 0 Å². The molecule has 0 aromatic heterocycles. The molecule has 0 amide bonds. The predicted molar refractivity (Wildman–Crippen MR) is 105 cm³/mol. The van der Waals surface area contributed by atoms with Gasteiger partial charge in [0.25, 0.3) is 5.69 Å². The van der Waals surface area contributed by atoms with Gasteiger partial charge in [-0.2, -0.15) is 0 Å². The van der Waals surface area contributed by atoms with Crippen LogP contribution >= 0.6 is 0 Å². The number of nitro groups is 1. The van der Waals surface area contributed by atoms with Crippen LogP contribution in [0.3, 0.4) is 0 Å². The minimum atomic E-state index is -0.490. The number of ketones is 1. The number of unbranched alkanes of at least 4 members (excludes halogenated alkanes) is 1. The molecule has 1 N–H and O–H groups in total. The number of fused-ring (bicyclic) bond motifs is 1. The monoisotopic (exact) mass is 382 g/mol. The number of non-ortho nitro benzene ring substituents is 1. The van der Waals surface area contributed by atoms with Crippen LogP contribution < -0.4 is 4.74 Å². The molecule has 1 aliphatic heterocycles. The lowest BCUT2D eigenvalue weighted by Gasteiger charge is -2.18. The summed E-state index contributed by atoms with van der Waals surface area (Å²) in [6, 6.07) is 9.02. The van der Waals surface area contributed by atoms with E-state index in [9.17, 15) is 20.0 Å². The maximum Gasteiger partial charge on any atom is 0.270 e. The smallest absolute Gasteiger partial charge is 0.270 e. The highest BCUT2D eigenvalue weighted by atomic mass is 16.6. The predicted octanol–water partition coefficient (Wildman–Crippen LogP) is 4.15. The van der Waals surface area contributed by atoms with Crippen molar-refractivity contribution in [2.45, 2.75) is 26.3 Å². The zero-order valence-corrected chi connectivity index (χ0v) is 15.8. The molecule has 146 valence electrons. The second kappa shape index (κ2) is 8.22. The van der Waals surface area contributed by atoms with Crippen LogP contribution in [-0.4, -0.2) is 34.3 Å². The van der Waals surface area contributed by atoms with E-state index in [0.717, 1.165) is 19.4 Å². The number of phenolic OH excluding ortho intramolecular Hbond substituents is 1. The fourth-order valence-corrected chi connectivity index (χ4v) is 3.11. The Morgan fingerprint density at radius 2 is 2.07 bits per heavy atom. The molecule has 0 aliphatic carbocycles. The van der Waals surface area contributed by atoms with Gasteiger partial charge in [-0.25, -0.2) is 0 Å². The van der Waals surface area contributed by atoms with Crippen LogP contribution in [0.5, 0.6) is 11.5 Å². The van der Waals surface area contributed by atoms with E-state index in [1.165, 1.54) is 30.3 Å². The van der Waals surface area contributed by atoms with E-state index in [0.29, 0.717) is 29.0 Å². The average molecular weight is 382 g/mol. The summed E-state index contributed by atoms with van der Waals surface area (Å²) in [6.07, 6.45) is 3.58. The molecule has 3 rings (SSSR count). The molecule has 0 saturated heterocycles. The zero-order valence-electron chi connectivity index (χ0n) is 15.8. The Labute approximate surface area is 163 Å². The van der Waals surface area contributed by atoms with Gasteiger partial charge in [0, 0.05) is 18.7 Å². The average Bonchev–Trinajstić information content (AvgIpc) is 2.98. The summed E-state index contributed by atoms with van der Waals surface area (Å²) in [5.74, 6) is 0.203. The maximum atomic E-state index is 12.7. The van der Waals surface area contributed by atoms with Gasteiger partial charge in [-0.05, 0) is 43.8 Å².